The van der Waals surface area contributed by atoms with Crippen molar-refractivity contribution in [2.24, 2.45) is 0 Å². The van der Waals surface area contributed by atoms with Gasteiger partial charge < -0.3 is 4.90 Å². The zero-order valence-corrected chi connectivity index (χ0v) is 33.9. The topological polar surface area (TPSA) is 3.24 Å². The van der Waals surface area contributed by atoms with Gasteiger partial charge in [-0.15, -0.1) is 0 Å². The second-order valence-corrected chi connectivity index (χ2v) is 17.6. The Hall–Kier alpha value is -6.44. The van der Waals surface area contributed by atoms with Crippen molar-refractivity contribution in [2.75, 3.05) is 4.90 Å². The third-order valence-corrected chi connectivity index (χ3v) is 13.2. The third-order valence-electron chi connectivity index (χ3n) is 13.2. The Labute approximate surface area is 344 Å². The first-order chi connectivity index (χ1) is 28.3. The van der Waals surface area contributed by atoms with Gasteiger partial charge in [-0.25, -0.2) is 0 Å². The van der Waals surface area contributed by atoms with Crippen LogP contribution in [0.4, 0.5) is 17.1 Å². The van der Waals surface area contributed by atoms with Crippen LogP contribution in [0.1, 0.15) is 73.9 Å². The Bertz CT molecular complexity index is 2700. The Morgan fingerprint density at radius 2 is 0.828 bits per heavy atom. The van der Waals surface area contributed by atoms with E-state index in [4.69, 9.17) is 0 Å². The molecular weight excluding hydrogens is 699 g/mol. The Balaban J connectivity index is 1.19. The molecule has 0 fully saturated rings. The van der Waals surface area contributed by atoms with Gasteiger partial charge in [-0.3, -0.25) is 0 Å². The highest BCUT2D eigenvalue weighted by molar-refractivity contribution is 5.94. The zero-order valence-electron chi connectivity index (χ0n) is 33.9. The third kappa shape index (κ3) is 5.75. The molecule has 0 bridgehead atoms. The largest absolute Gasteiger partial charge is 0.310 e. The lowest BCUT2D eigenvalue weighted by Gasteiger charge is -2.42. The van der Waals surface area contributed by atoms with E-state index in [1.807, 2.05) is 0 Å². The van der Waals surface area contributed by atoms with Gasteiger partial charge >= 0.3 is 0 Å². The number of rotatable bonds is 7. The molecular formula is C57H49N. The number of anilines is 3. The average molecular weight is 748 g/mol. The van der Waals surface area contributed by atoms with Crippen LogP contribution in [0, 0.1) is 0 Å². The molecule has 1 heteroatoms. The quantitative estimate of drug-likeness (QED) is 0.157. The summed E-state index contributed by atoms with van der Waals surface area (Å²) < 4.78 is 0. The van der Waals surface area contributed by atoms with Crippen LogP contribution in [-0.2, 0) is 16.2 Å². The summed E-state index contributed by atoms with van der Waals surface area (Å²) in [4.78, 5) is 2.49. The standard InChI is InChI=1S/C57H49N/c1-55(2)37-38-56(3,4)52-39-43(31-36-51(52)55)42-29-34-47(35-30-42)58(46-32-27-41(28-33-46)40-17-8-5-9-18-40)53-26-16-24-49-48-23-14-15-25-50(48)57(54(49)53,44-19-10-6-11-20-44)45-21-12-7-13-22-45/h5-36,39H,37-38H2,1-4H3. The lowest BCUT2D eigenvalue weighted by Crippen LogP contribution is -2.33. The molecule has 0 unspecified atom stereocenters. The molecule has 0 atom stereocenters. The fraction of sp³-hybridized carbons (Fsp3) is 0.158. The molecule has 0 radical (unpaired) electrons. The molecule has 0 saturated carbocycles. The number of hydrogen-bond donors (Lipinski definition) is 0. The summed E-state index contributed by atoms with van der Waals surface area (Å²) in [5, 5.41) is 0. The van der Waals surface area contributed by atoms with Crippen molar-refractivity contribution >= 4 is 17.1 Å². The summed E-state index contributed by atoms with van der Waals surface area (Å²) in [5.41, 5.74) is 18.8. The highest BCUT2D eigenvalue weighted by Gasteiger charge is 2.48. The van der Waals surface area contributed by atoms with Gasteiger partial charge in [-0.1, -0.05) is 198 Å². The van der Waals surface area contributed by atoms with Gasteiger partial charge in [0.2, 0.25) is 0 Å². The minimum Gasteiger partial charge on any atom is -0.310 e. The molecule has 0 aromatic heterocycles. The summed E-state index contributed by atoms with van der Waals surface area (Å²) in [7, 11) is 0. The van der Waals surface area contributed by atoms with Crippen LogP contribution in [0.3, 0.4) is 0 Å². The van der Waals surface area contributed by atoms with Crippen molar-refractivity contribution < 1.29 is 0 Å². The van der Waals surface area contributed by atoms with E-state index in [9.17, 15) is 0 Å². The van der Waals surface area contributed by atoms with Crippen molar-refractivity contribution in [3.05, 3.63) is 234 Å². The van der Waals surface area contributed by atoms with Gasteiger partial charge in [0.05, 0.1) is 11.1 Å². The summed E-state index contributed by atoms with van der Waals surface area (Å²) in [6.45, 7) is 9.63. The van der Waals surface area contributed by atoms with Gasteiger partial charge in [-0.2, -0.15) is 0 Å². The van der Waals surface area contributed by atoms with E-state index in [1.54, 1.807) is 0 Å². The van der Waals surface area contributed by atoms with E-state index in [-0.39, 0.29) is 10.8 Å². The summed E-state index contributed by atoms with van der Waals surface area (Å²) in [6.07, 6.45) is 2.42. The molecule has 10 rings (SSSR count). The minimum absolute atomic E-state index is 0.152. The van der Waals surface area contributed by atoms with Crippen LogP contribution in [0.5, 0.6) is 0 Å². The second kappa shape index (κ2) is 13.9. The Morgan fingerprint density at radius 1 is 0.362 bits per heavy atom. The van der Waals surface area contributed by atoms with E-state index >= 15 is 0 Å². The van der Waals surface area contributed by atoms with Crippen LogP contribution >= 0.6 is 0 Å². The maximum Gasteiger partial charge on any atom is 0.0734 e. The van der Waals surface area contributed by atoms with Crippen molar-refractivity contribution in [3.8, 4) is 33.4 Å². The smallest absolute Gasteiger partial charge is 0.0734 e. The molecule has 0 N–H and O–H groups in total. The van der Waals surface area contributed by atoms with Crippen molar-refractivity contribution in [1.29, 1.82) is 0 Å². The molecule has 2 aliphatic carbocycles. The van der Waals surface area contributed by atoms with Gasteiger partial charge in [0.1, 0.15) is 0 Å². The molecule has 0 spiro atoms. The summed E-state index contributed by atoms with van der Waals surface area (Å²) in [5.74, 6) is 0. The first-order valence-corrected chi connectivity index (χ1v) is 20.8. The van der Waals surface area contributed by atoms with Gasteiger partial charge in [-0.05, 0) is 115 Å². The summed E-state index contributed by atoms with van der Waals surface area (Å²) in [6, 6.07) is 74.4. The molecule has 8 aromatic rings. The highest BCUT2D eigenvalue weighted by Crippen LogP contribution is 2.60. The number of benzene rings is 8. The maximum atomic E-state index is 2.49. The fourth-order valence-electron chi connectivity index (χ4n) is 10.1. The number of fused-ring (bicyclic) bond motifs is 4. The minimum atomic E-state index is -0.545. The highest BCUT2D eigenvalue weighted by atomic mass is 15.1. The molecule has 0 amide bonds. The fourth-order valence-corrected chi connectivity index (χ4v) is 10.1. The predicted octanol–water partition coefficient (Wildman–Crippen LogP) is 15.2. The van der Waals surface area contributed by atoms with Crippen LogP contribution in [0.2, 0.25) is 0 Å². The van der Waals surface area contributed by atoms with Crippen LogP contribution < -0.4 is 4.90 Å². The molecule has 8 aromatic carbocycles. The first kappa shape index (κ1) is 35.9. The molecule has 282 valence electrons. The van der Waals surface area contributed by atoms with Gasteiger partial charge in [0, 0.05) is 16.9 Å². The second-order valence-electron chi connectivity index (χ2n) is 17.6. The maximum absolute atomic E-state index is 2.49. The van der Waals surface area contributed by atoms with E-state index < -0.39 is 5.41 Å². The van der Waals surface area contributed by atoms with Crippen LogP contribution in [0.25, 0.3) is 33.4 Å². The number of hydrogen-bond acceptors (Lipinski definition) is 1. The summed E-state index contributed by atoms with van der Waals surface area (Å²) >= 11 is 0. The predicted molar refractivity (Wildman–Crippen MR) is 245 cm³/mol. The average Bonchev–Trinajstić information content (AvgIpc) is 3.58. The van der Waals surface area contributed by atoms with E-state index in [1.165, 1.54) is 85.3 Å². The zero-order chi connectivity index (χ0) is 39.5. The Kier molecular flexibility index (Phi) is 8.61. The monoisotopic (exact) mass is 747 g/mol. The molecule has 0 aliphatic heterocycles. The van der Waals surface area contributed by atoms with Gasteiger partial charge in [0.15, 0.2) is 0 Å². The van der Waals surface area contributed by atoms with Crippen LogP contribution in [0.15, 0.2) is 200 Å². The van der Waals surface area contributed by atoms with Crippen molar-refractivity contribution in [3.63, 3.8) is 0 Å². The van der Waals surface area contributed by atoms with Gasteiger partial charge in [0.25, 0.3) is 0 Å². The molecule has 1 nitrogen and oxygen atoms in total. The van der Waals surface area contributed by atoms with E-state index in [0.717, 1.165) is 11.4 Å². The number of nitrogens with zero attached hydrogens (tertiary/aromatic N) is 1. The molecule has 0 saturated heterocycles. The van der Waals surface area contributed by atoms with E-state index in [0.29, 0.717) is 0 Å². The molecule has 0 heterocycles. The van der Waals surface area contributed by atoms with E-state index in [2.05, 4.69) is 233 Å². The van der Waals surface area contributed by atoms with Crippen molar-refractivity contribution in [2.45, 2.75) is 56.8 Å². The molecule has 58 heavy (non-hydrogen) atoms. The lowest BCUT2D eigenvalue weighted by molar-refractivity contribution is 0.332. The SMILES string of the molecule is CC1(C)CCC(C)(C)c2cc(-c3ccc(N(c4ccc(-c5ccccc5)cc4)c4cccc5c4C(c4ccccc4)(c4ccccc4)c4ccccc4-5)cc3)ccc21. The van der Waals surface area contributed by atoms with Crippen LogP contribution in [-0.4, -0.2) is 0 Å². The lowest BCUT2D eigenvalue weighted by atomic mass is 9.63. The normalized spacial score (nSPS) is 15.5. The van der Waals surface area contributed by atoms with Crippen molar-refractivity contribution in [1.82, 2.24) is 0 Å². The first-order valence-electron chi connectivity index (χ1n) is 20.8. The molecule has 2 aliphatic rings. The Morgan fingerprint density at radius 3 is 1.43 bits per heavy atom.